The molecule has 0 heterocycles. The van der Waals surface area contributed by atoms with Crippen LogP contribution >= 0.6 is 0 Å². The number of hydrogen-bond donors (Lipinski definition) is 1. The molecular weight excluding hydrogens is 362 g/mol. The molecule has 0 saturated carbocycles. The Labute approximate surface area is 165 Å². The second kappa shape index (κ2) is 11.0. The molecule has 0 radical (unpaired) electrons. The van der Waals surface area contributed by atoms with E-state index in [-0.39, 0.29) is 5.91 Å². The Kier molecular flexibility index (Phi) is 8.42. The number of benzene rings is 2. The predicted octanol–water partition coefficient (Wildman–Crippen LogP) is 3.31. The third kappa shape index (κ3) is 6.06. The fourth-order valence-electron chi connectivity index (χ4n) is 2.62. The molecule has 0 bridgehead atoms. The summed E-state index contributed by atoms with van der Waals surface area (Å²) in [6.45, 7) is 0.856. The number of anilines is 1. The van der Waals surface area contributed by atoms with E-state index in [0.717, 1.165) is 5.56 Å². The number of methoxy groups -OCH3 is 4. The number of amides is 1. The predicted molar refractivity (Wildman–Crippen MR) is 107 cm³/mol. The minimum absolute atomic E-state index is 0.0946. The van der Waals surface area contributed by atoms with Crippen molar-refractivity contribution in [2.45, 2.75) is 12.8 Å². The number of carbonyl (C=O) groups excluding carboxylic acids is 1. The molecule has 152 valence electrons. The van der Waals surface area contributed by atoms with Crippen molar-refractivity contribution >= 4 is 11.6 Å². The molecule has 0 fully saturated rings. The maximum Gasteiger partial charge on any atom is 0.224 e. The molecule has 2 rings (SSSR count). The molecule has 0 aliphatic heterocycles. The van der Waals surface area contributed by atoms with Crippen molar-refractivity contribution in [2.24, 2.45) is 0 Å². The van der Waals surface area contributed by atoms with Crippen LogP contribution in [0, 0.1) is 0 Å². The second-order valence-electron chi connectivity index (χ2n) is 5.94. The van der Waals surface area contributed by atoms with Gasteiger partial charge in [-0.05, 0) is 36.2 Å². The molecule has 7 heteroatoms. The topological polar surface area (TPSA) is 75.3 Å². The summed E-state index contributed by atoms with van der Waals surface area (Å²) in [5.74, 6) is 2.36. The fraction of sp³-hybridized carbons (Fsp3) is 0.381. The highest BCUT2D eigenvalue weighted by atomic mass is 16.5. The summed E-state index contributed by atoms with van der Waals surface area (Å²) < 4.78 is 26.4. The number of carbonyl (C=O) groups is 1. The minimum atomic E-state index is -0.0946. The Morgan fingerprint density at radius 1 is 0.821 bits per heavy atom. The fourth-order valence-corrected chi connectivity index (χ4v) is 2.62. The van der Waals surface area contributed by atoms with Crippen LogP contribution in [0.25, 0.3) is 0 Å². The Morgan fingerprint density at radius 2 is 1.50 bits per heavy atom. The standard InChI is InChI=1S/C21H27NO6/c1-24-11-12-28-20-14-16(7-9-18(20)26-3)22-21(23)10-6-15-5-8-17(25-2)19(13-15)27-4/h5,7-9,13-14H,6,10-12H2,1-4H3,(H,22,23). The Morgan fingerprint density at radius 3 is 2.18 bits per heavy atom. The quantitative estimate of drug-likeness (QED) is 0.595. The molecule has 0 spiro atoms. The SMILES string of the molecule is COCCOc1cc(NC(=O)CCc2ccc(OC)c(OC)c2)ccc1OC. The highest BCUT2D eigenvalue weighted by molar-refractivity contribution is 5.91. The largest absolute Gasteiger partial charge is 0.493 e. The van der Waals surface area contributed by atoms with Gasteiger partial charge in [0.15, 0.2) is 23.0 Å². The summed E-state index contributed by atoms with van der Waals surface area (Å²) in [5.41, 5.74) is 1.64. The van der Waals surface area contributed by atoms with E-state index in [1.54, 1.807) is 46.6 Å². The van der Waals surface area contributed by atoms with Crippen molar-refractivity contribution < 1.29 is 28.5 Å². The van der Waals surface area contributed by atoms with Crippen LogP contribution in [0.1, 0.15) is 12.0 Å². The van der Waals surface area contributed by atoms with E-state index in [4.69, 9.17) is 23.7 Å². The Bertz CT molecular complexity index is 777. The molecular formula is C21H27NO6. The maximum atomic E-state index is 12.3. The van der Waals surface area contributed by atoms with Gasteiger partial charge in [0.2, 0.25) is 5.91 Å². The van der Waals surface area contributed by atoms with Gasteiger partial charge < -0.3 is 29.0 Å². The number of ether oxygens (including phenoxy) is 5. The lowest BCUT2D eigenvalue weighted by atomic mass is 10.1. The van der Waals surface area contributed by atoms with E-state index in [1.165, 1.54) is 0 Å². The number of nitrogens with one attached hydrogen (secondary N) is 1. The molecule has 7 nitrogen and oxygen atoms in total. The van der Waals surface area contributed by atoms with E-state index in [0.29, 0.717) is 54.7 Å². The molecule has 0 unspecified atom stereocenters. The average Bonchev–Trinajstić information content (AvgIpc) is 2.72. The number of rotatable bonds is 11. The first-order chi connectivity index (χ1) is 13.6. The molecule has 0 aliphatic carbocycles. The molecule has 0 aromatic heterocycles. The lowest BCUT2D eigenvalue weighted by Crippen LogP contribution is -2.13. The van der Waals surface area contributed by atoms with Gasteiger partial charge in [-0.25, -0.2) is 0 Å². The van der Waals surface area contributed by atoms with Crippen molar-refractivity contribution in [1.82, 2.24) is 0 Å². The van der Waals surface area contributed by atoms with Crippen LogP contribution in [-0.2, 0) is 16.0 Å². The first kappa shape index (κ1) is 21.4. The summed E-state index contributed by atoms with van der Waals surface area (Å²) in [6.07, 6.45) is 0.918. The molecule has 1 amide bonds. The highest BCUT2D eigenvalue weighted by Gasteiger charge is 2.10. The molecule has 1 N–H and O–H groups in total. The zero-order valence-electron chi connectivity index (χ0n) is 16.7. The van der Waals surface area contributed by atoms with Crippen LogP contribution < -0.4 is 24.3 Å². The van der Waals surface area contributed by atoms with E-state index in [1.807, 2.05) is 18.2 Å². The van der Waals surface area contributed by atoms with Gasteiger partial charge in [0, 0.05) is 25.3 Å². The summed E-state index contributed by atoms with van der Waals surface area (Å²) in [6, 6.07) is 10.9. The van der Waals surface area contributed by atoms with Gasteiger partial charge in [-0.1, -0.05) is 6.07 Å². The number of aryl methyl sites for hydroxylation is 1. The Balaban J connectivity index is 1.96. The monoisotopic (exact) mass is 389 g/mol. The van der Waals surface area contributed by atoms with Crippen LogP contribution in [0.3, 0.4) is 0 Å². The smallest absolute Gasteiger partial charge is 0.224 e. The van der Waals surface area contributed by atoms with Crippen LogP contribution in [-0.4, -0.2) is 47.6 Å². The van der Waals surface area contributed by atoms with Crippen molar-refractivity contribution in [2.75, 3.05) is 47.0 Å². The van der Waals surface area contributed by atoms with E-state index < -0.39 is 0 Å². The molecule has 0 saturated heterocycles. The van der Waals surface area contributed by atoms with Crippen molar-refractivity contribution in [3.63, 3.8) is 0 Å². The van der Waals surface area contributed by atoms with Crippen molar-refractivity contribution in [3.05, 3.63) is 42.0 Å². The first-order valence-corrected chi connectivity index (χ1v) is 8.91. The zero-order chi connectivity index (χ0) is 20.4. The van der Waals surface area contributed by atoms with Gasteiger partial charge >= 0.3 is 0 Å². The van der Waals surface area contributed by atoms with E-state index >= 15 is 0 Å². The van der Waals surface area contributed by atoms with Crippen LogP contribution in [0.4, 0.5) is 5.69 Å². The van der Waals surface area contributed by atoms with Gasteiger partial charge in [-0.15, -0.1) is 0 Å². The average molecular weight is 389 g/mol. The molecule has 2 aromatic carbocycles. The summed E-state index contributed by atoms with van der Waals surface area (Å²) in [5, 5.41) is 2.88. The summed E-state index contributed by atoms with van der Waals surface area (Å²) in [4.78, 5) is 12.3. The minimum Gasteiger partial charge on any atom is -0.493 e. The zero-order valence-corrected chi connectivity index (χ0v) is 16.7. The third-order valence-corrected chi connectivity index (χ3v) is 4.08. The van der Waals surface area contributed by atoms with E-state index in [2.05, 4.69) is 5.32 Å². The lowest BCUT2D eigenvalue weighted by molar-refractivity contribution is -0.116. The molecule has 2 aromatic rings. The van der Waals surface area contributed by atoms with Crippen LogP contribution in [0.15, 0.2) is 36.4 Å². The third-order valence-electron chi connectivity index (χ3n) is 4.08. The molecule has 28 heavy (non-hydrogen) atoms. The highest BCUT2D eigenvalue weighted by Crippen LogP contribution is 2.31. The van der Waals surface area contributed by atoms with Gasteiger partial charge in [-0.2, -0.15) is 0 Å². The molecule has 0 atom stereocenters. The lowest BCUT2D eigenvalue weighted by Gasteiger charge is -2.13. The number of hydrogen-bond acceptors (Lipinski definition) is 6. The van der Waals surface area contributed by atoms with Crippen molar-refractivity contribution in [1.29, 1.82) is 0 Å². The first-order valence-electron chi connectivity index (χ1n) is 8.91. The summed E-state index contributed by atoms with van der Waals surface area (Å²) >= 11 is 0. The van der Waals surface area contributed by atoms with Crippen LogP contribution in [0.5, 0.6) is 23.0 Å². The van der Waals surface area contributed by atoms with Gasteiger partial charge in [0.05, 0.1) is 27.9 Å². The van der Waals surface area contributed by atoms with Gasteiger partial charge in [0.1, 0.15) is 6.61 Å². The van der Waals surface area contributed by atoms with Gasteiger partial charge in [0.25, 0.3) is 0 Å². The van der Waals surface area contributed by atoms with Crippen LogP contribution in [0.2, 0.25) is 0 Å². The summed E-state index contributed by atoms with van der Waals surface area (Å²) in [7, 11) is 6.35. The normalized spacial score (nSPS) is 10.3. The van der Waals surface area contributed by atoms with Gasteiger partial charge in [-0.3, -0.25) is 4.79 Å². The second-order valence-corrected chi connectivity index (χ2v) is 5.94. The van der Waals surface area contributed by atoms with Crippen molar-refractivity contribution in [3.8, 4) is 23.0 Å². The van der Waals surface area contributed by atoms with E-state index in [9.17, 15) is 4.79 Å². The molecule has 0 aliphatic rings. The maximum absolute atomic E-state index is 12.3. The Hall–Kier alpha value is -2.93.